The Labute approximate surface area is 120 Å². The van der Waals surface area contributed by atoms with Crippen molar-refractivity contribution in [2.75, 3.05) is 13.2 Å². The summed E-state index contributed by atoms with van der Waals surface area (Å²) in [7, 11) is 0. The average molecular weight is 269 g/mol. The first-order valence-electron chi connectivity index (χ1n) is 8.34. The van der Waals surface area contributed by atoms with Gasteiger partial charge in [0.25, 0.3) is 0 Å². The number of unbranched alkanes of at least 4 members (excludes halogenated alkanes) is 3. The van der Waals surface area contributed by atoms with Crippen molar-refractivity contribution in [3.63, 3.8) is 0 Å². The standard InChI is InChI=1S/C17H35NO/c1-15-9-11-16(12-10-15)19-14-8-6-5-7-13-18-17(2,3)4/h15-16,18H,5-14H2,1-4H3. The van der Waals surface area contributed by atoms with Gasteiger partial charge in [0.15, 0.2) is 0 Å². The molecule has 0 radical (unpaired) electrons. The highest BCUT2D eigenvalue weighted by atomic mass is 16.5. The molecule has 0 aliphatic heterocycles. The summed E-state index contributed by atoms with van der Waals surface area (Å²) in [4.78, 5) is 0. The van der Waals surface area contributed by atoms with Crippen molar-refractivity contribution in [3.05, 3.63) is 0 Å². The number of hydrogen-bond acceptors (Lipinski definition) is 2. The van der Waals surface area contributed by atoms with Crippen LogP contribution in [0.2, 0.25) is 0 Å². The quantitative estimate of drug-likeness (QED) is 0.654. The van der Waals surface area contributed by atoms with E-state index in [2.05, 4.69) is 33.0 Å². The number of ether oxygens (including phenoxy) is 1. The third-order valence-electron chi connectivity index (χ3n) is 4.04. The van der Waals surface area contributed by atoms with E-state index in [1.54, 1.807) is 0 Å². The molecule has 0 aromatic heterocycles. The zero-order valence-corrected chi connectivity index (χ0v) is 13.6. The van der Waals surface area contributed by atoms with Gasteiger partial charge in [-0.15, -0.1) is 0 Å². The van der Waals surface area contributed by atoms with Crippen LogP contribution in [-0.2, 0) is 4.74 Å². The summed E-state index contributed by atoms with van der Waals surface area (Å²) >= 11 is 0. The predicted octanol–water partition coefficient (Wildman–Crippen LogP) is 4.53. The molecule has 0 saturated heterocycles. The van der Waals surface area contributed by atoms with Crippen molar-refractivity contribution >= 4 is 0 Å². The fraction of sp³-hybridized carbons (Fsp3) is 1.00. The van der Waals surface area contributed by atoms with Crippen molar-refractivity contribution < 1.29 is 4.74 Å². The number of nitrogens with one attached hydrogen (secondary N) is 1. The highest BCUT2D eigenvalue weighted by Crippen LogP contribution is 2.25. The van der Waals surface area contributed by atoms with Gasteiger partial charge in [0.05, 0.1) is 6.10 Å². The van der Waals surface area contributed by atoms with Crippen LogP contribution in [0.3, 0.4) is 0 Å². The normalized spacial score (nSPS) is 24.6. The van der Waals surface area contributed by atoms with Crippen molar-refractivity contribution in [2.24, 2.45) is 5.92 Å². The highest BCUT2D eigenvalue weighted by molar-refractivity contribution is 4.70. The second-order valence-electron chi connectivity index (χ2n) is 7.34. The number of rotatable bonds is 8. The molecule has 1 rings (SSSR count). The van der Waals surface area contributed by atoms with Crippen LogP contribution in [0.1, 0.15) is 79.1 Å². The van der Waals surface area contributed by atoms with Gasteiger partial charge in [-0.3, -0.25) is 0 Å². The van der Waals surface area contributed by atoms with Crippen LogP contribution in [0, 0.1) is 5.92 Å². The van der Waals surface area contributed by atoms with Crippen molar-refractivity contribution in [3.8, 4) is 0 Å². The lowest BCUT2D eigenvalue weighted by atomic mass is 9.89. The molecule has 0 aromatic carbocycles. The van der Waals surface area contributed by atoms with Crippen LogP contribution in [0.5, 0.6) is 0 Å². The van der Waals surface area contributed by atoms with Gasteiger partial charge in [-0.2, -0.15) is 0 Å². The van der Waals surface area contributed by atoms with Crippen LogP contribution in [0.4, 0.5) is 0 Å². The van der Waals surface area contributed by atoms with Gasteiger partial charge in [0.1, 0.15) is 0 Å². The minimum atomic E-state index is 0.265. The van der Waals surface area contributed by atoms with Gasteiger partial charge in [-0.05, 0) is 71.8 Å². The Morgan fingerprint density at radius 2 is 1.58 bits per heavy atom. The predicted molar refractivity (Wildman–Crippen MR) is 83.6 cm³/mol. The Morgan fingerprint density at radius 1 is 0.947 bits per heavy atom. The lowest BCUT2D eigenvalue weighted by Gasteiger charge is -2.26. The van der Waals surface area contributed by atoms with E-state index in [9.17, 15) is 0 Å². The summed E-state index contributed by atoms with van der Waals surface area (Å²) in [5.41, 5.74) is 0.265. The van der Waals surface area contributed by atoms with Gasteiger partial charge < -0.3 is 10.1 Å². The minimum absolute atomic E-state index is 0.265. The molecule has 0 unspecified atom stereocenters. The van der Waals surface area contributed by atoms with E-state index in [1.807, 2.05) is 0 Å². The Balaban J connectivity index is 1.84. The summed E-state index contributed by atoms with van der Waals surface area (Å²) in [5, 5.41) is 3.54. The first kappa shape index (κ1) is 17.0. The summed E-state index contributed by atoms with van der Waals surface area (Å²) in [6.45, 7) is 11.2. The van der Waals surface area contributed by atoms with Gasteiger partial charge >= 0.3 is 0 Å². The SMILES string of the molecule is CC1CCC(OCCCCCCNC(C)(C)C)CC1. The van der Waals surface area contributed by atoms with Gasteiger partial charge in [-0.25, -0.2) is 0 Å². The summed E-state index contributed by atoms with van der Waals surface area (Å²) < 4.78 is 5.98. The van der Waals surface area contributed by atoms with Crippen molar-refractivity contribution in [1.82, 2.24) is 5.32 Å². The number of hydrogen-bond donors (Lipinski definition) is 1. The van der Waals surface area contributed by atoms with E-state index in [1.165, 1.54) is 51.4 Å². The topological polar surface area (TPSA) is 21.3 Å². The fourth-order valence-electron chi connectivity index (χ4n) is 2.69. The van der Waals surface area contributed by atoms with Crippen LogP contribution in [0.15, 0.2) is 0 Å². The smallest absolute Gasteiger partial charge is 0.0575 e. The van der Waals surface area contributed by atoms with Crippen LogP contribution in [-0.4, -0.2) is 24.8 Å². The molecule has 1 aliphatic rings. The lowest BCUT2D eigenvalue weighted by molar-refractivity contribution is 0.0178. The molecular formula is C17H35NO. The van der Waals surface area contributed by atoms with Crippen molar-refractivity contribution in [1.29, 1.82) is 0 Å². The van der Waals surface area contributed by atoms with Crippen LogP contribution >= 0.6 is 0 Å². The average Bonchev–Trinajstić information content (AvgIpc) is 2.33. The van der Waals surface area contributed by atoms with Gasteiger partial charge in [-0.1, -0.05) is 19.8 Å². The van der Waals surface area contributed by atoms with Crippen LogP contribution < -0.4 is 5.32 Å². The Bertz CT molecular complexity index is 214. The molecule has 0 aromatic rings. The Hall–Kier alpha value is -0.0800. The van der Waals surface area contributed by atoms with E-state index in [0.717, 1.165) is 19.1 Å². The first-order chi connectivity index (χ1) is 8.97. The Morgan fingerprint density at radius 3 is 2.21 bits per heavy atom. The van der Waals surface area contributed by atoms with E-state index in [4.69, 9.17) is 4.74 Å². The molecule has 2 heteroatoms. The maximum atomic E-state index is 5.98. The molecule has 0 heterocycles. The maximum Gasteiger partial charge on any atom is 0.0575 e. The lowest BCUT2D eigenvalue weighted by Crippen LogP contribution is -2.36. The highest BCUT2D eigenvalue weighted by Gasteiger charge is 2.18. The molecule has 1 fully saturated rings. The summed E-state index contributed by atoms with van der Waals surface area (Å²) in [5.74, 6) is 0.926. The minimum Gasteiger partial charge on any atom is -0.378 e. The second-order valence-corrected chi connectivity index (χ2v) is 7.34. The largest absolute Gasteiger partial charge is 0.378 e. The first-order valence-corrected chi connectivity index (χ1v) is 8.34. The third-order valence-corrected chi connectivity index (χ3v) is 4.04. The summed E-state index contributed by atoms with van der Waals surface area (Å²) in [6.07, 6.45) is 11.0. The molecular weight excluding hydrogens is 234 g/mol. The maximum absolute atomic E-state index is 5.98. The van der Waals surface area contributed by atoms with E-state index < -0.39 is 0 Å². The van der Waals surface area contributed by atoms with E-state index in [-0.39, 0.29) is 5.54 Å². The van der Waals surface area contributed by atoms with E-state index in [0.29, 0.717) is 6.10 Å². The van der Waals surface area contributed by atoms with Gasteiger partial charge in [0, 0.05) is 12.1 Å². The molecule has 0 bridgehead atoms. The molecule has 0 atom stereocenters. The monoisotopic (exact) mass is 269 g/mol. The van der Waals surface area contributed by atoms with Crippen molar-refractivity contribution in [2.45, 2.75) is 90.7 Å². The molecule has 0 spiro atoms. The Kier molecular flexibility index (Phi) is 8.01. The fourth-order valence-corrected chi connectivity index (χ4v) is 2.69. The third kappa shape index (κ3) is 9.45. The molecule has 1 aliphatic carbocycles. The summed E-state index contributed by atoms with van der Waals surface area (Å²) in [6, 6.07) is 0. The zero-order chi connectivity index (χ0) is 14.1. The van der Waals surface area contributed by atoms with E-state index >= 15 is 0 Å². The molecule has 114 valence electrons. The van der Waals surface area contributed by atoms with Crippen LogP contribution in [0.25, 0.3) is 0 Å². The zero-order valence-electron chi connectivity index (χ0n) is 13.6. The molecule has 1 saturated carbocycles. The molecule has 2 nitrogen and oxygen atoms in total. The second kappa shape index (κ2) is 8.97. The van der Waals surface area contributed by atoms with Gasteiger partial charge in [0.2, 0.25) is 0 Å². The molecule has 0 amide bonds. The molecule has 19 heavy (non-hydrogen) atoms. The molecule has 1 N–H and O–H groups in total.